The van der Waals surface area contributed by atoms with Crippen LogP contribution in [0.1, 0.15) is 24.0 Å². The van der Waals surface area contributed by atoms with Crippen LogP contribution in [0.2, 0.25) is 0 Å². The van der Waals surface area contributed by atoms with Crippen LogP contribution in [0.25, 0.3) is 0 Å². The molecule has 2 rings (SSSR count). The van der Waals surface area contributed by atoms with Crippen LogP contribution in [-0.2, 0) is 13.0 Å². The predicted molar refractivity (Wildman–Crippen MR) is 61.6 cm³/mol. The van der Waals surface area contributed by atoms with Crippen molar-refractivity contribution in [3.8, 4) is 0 Å². The molecule has 1 aliphatic rings. The normalized spacial score (nSPS) is 21.0. The minimum absolute atomic E-state index is 0.220. The quantitative estimate of drug-likeness (QED) is 0.819. The van der Waals surface area contributed by atoms with Gasteiger partial charge in [0.25, 0.3) is 0 Å². The summed E-state index contributed by atoms with van der Waals surface area (Å²) in [6.07, 6.45) is 3.43. The second-order valence-corrected chi connectivity index (χ2v) is 4.50. The number of halogens is 1. The highest BCUT2D eigenvalue weighted by Gasteiger charge is 2.14. The summed E-state index contributed by atoms with van der Waals surface area (Å²) in [5, 5.41) is 12.4. The molecule has 1 saturated heterocycles. The Balaban J connectivity index is 2.03. The molecule has 1 aromatic rings. The summed E-state index contributed by atoms with van der Waals surface area (Å²) in [4.78, 5) is 0. The van der Waals surface area contributed by atoms with Crippen LogP contribution in [-0.4, -0.2) is 18.2 Å². The summed E-state index contributed by atoms with van der Waals surface area (Å²) in [6.45, 7) is 1.94. The summed E-state index contributed by atoms with van der Waals surface area (Å²) in [6, 6.07) is 5.06. The molecule has 0 radical (unpaired) electrons. The summed E-state index contributed by atoms with van der Waals surface area (Å²) < 4.78 is 13.2. The average molecular weight is 223 g/mol. The van der Waals surface area contributed by atoms with Gasteiger partial charge < -0.3 is 10.4 Å². The largest absolute Gasteiger partial charge is 0.392 e. The Hall–Kier alpha value is -0.930. The number of benzene rings is 1. The zero-order valence-electron chi connectivity index (χ0n) is 9.38. The minimum atomic E-state index is -0.312. The van der Waals surface area contributed by atoms with Gasteiger partial charge in [-0.15, -0.1) is 0 Å². The zero-order valence-corrected chi connectivity index (χ0v) is 9.38. The topological polar surface area (TPSA) is 32.3 Å². The van der Waals surface area contributed by atoms with E-state index < -0.39 is 0 Å². The second-order valence-electron chi connectivity index (χ2n) is 4.50. The van der Waals surface area contributed by atoms with Gasteiger partial charge in [-0.25, -0.2) is 4.39 Å². The average Bonchev–Trinajstić information content (AvgIpc) is 2.33. The molecule has 16 heavy (non-hydrogen) atoms. The molecule has 3 heteroatoms. The minimum Gasteiger partial charge on any atom is -0.392 e. The maximum Gasteiger partial charge on any atom is 0.128 e. The smallest absolute Gasteiger partial charge is 0.128 e. The Morgan fingerprint density at radius 3 is 3.00 bits per heavy atom. The maximum atomic E-state index is 13.2. The fraction of sp³-hybridized carbons (Fsp3) is 0.538. The standard InChI is InChI=1S/C13H18FNO/c14-13-4-3-10(7-12(13)9-16)6-11-2-1-5-15-8-11/h3-4,7,11,15-16H,1-2,5-6,8-9H2. The molecule has 1 atom stereocenters. The fourth-order valence-electron chi connectivity index (χ4n) is 2.31. The number of hydrogen-bond acceptors (Lipinski definition) is 2. The summed E-state index contributed by atoms with van der Waals surface area (Å²) >= 11 is 0. The highest BCUT2D eigenvalue weighted by molar-refractivity contribution is 5.25. The first-order valence-corrected chi connectivity index (χ1v) is 5.88. The summed E-state index contributed by atoms with van der Waals surface area (Å²) in [5.74, 6) is 0.332. The van der Waals surface area contributed by atoms with Crippen LogP contribution < -0.4 is 5.32 Å². The van der Waals surface area contributed by atoms with E-state index in [1.54, 1.807) is 6.07 Å². The molecule has 0 bridgehead atoms. The lowest BCUT2D eigenvalue weighted by molar-refractivity contribution is 0.275. The molecule has 2 N–H and O–H groups in total. The van der Waals surface area contributed by atoms with Crippen LogP contribution in [0.4, 0.5) is 4.39 Å². The van der Waals surface area contributed by atoms with Gasteiger partial charge in [-0.1, -0.05) is 12.1 Å². The zero-order chi connectivity index (χ0) is 11.4. The number of hydrogen-bond donors (Lipinski definition) is 2. The number of rotatable bonds is 3. The molecular weight excluding hydrogens is 205 g/mol. The van der Waals surface area contributed by atoms with Crippen molar-refractivity contribution in [2.24, 2.45) is 5.92 Å². The Labute approximate surface area is 95.5 Å². The monoisotopic (exact) mass is 223 g/mol. The molecule has 1 aromatic carbocycles. The van der Waals surface area contributed by atoms with Gasteiger partial charge in [-0.2, -0.15) is 0 Å². The fourth-order valence-corrected chi connectivity index (χ4v) is 2.31. The van der Waals surface area contributed by atoms with E-state index in [1.165, 1.54) is 18.9 Å². The van der Waals surface area contributed by atoms with E-state index in [2.05, 4.69) is 5.32 Å². The first kappa shape index (κ1) is 11.6. The lowest BCUT2D eigenvalue weighted by atomic mass is 9.92. The molecular formula is C13H18FNO. The van der Waals surface area contributed by atoms with Gasteiger partial charge in [0.2, 0.25) is 0 Å². The molecule has 2 nitrogen and oxygen atoms in total. The van der Waals surface area contributed by atoms with Crippen LogP contribution in [0.3, 0.4) is 0 Å². The molecule has 0 spiro atoms. The van der Waals surface area contributed by atoms with Crippen molar-refractivity contribution in [3.05, 3.63) is 35.1 Å². The molecule has 1 fully saturated rings. The predicted octanol–water partition coefficient (Wildman–Crippen LogP) is 1.86. The van der Waals surface area contributed by atoms with Crippen molar-refractivity contribution in [3.63, 3.8) is 0 Å². The molecule has 0 amide bonds. The Morgan fingerprint density at radius 1 is 1.44 bits per heavy atom. The van der Waals surface area contributed by atoms with Crippen LogP contribution in [0.5, 0.6) is 0 Å². The van der Waals surface area contributed by atoms with E-state index >= 15 is 0 Å². The van der Waals surface area contributed by atoms with E-state index in [0.29, 0.717) is 11.5 Å². The van der Waals surface area contributed by atoms with E-state index in [4.69, 9.17) is 5.11 Å². The van der Waals surface area contributed by atoms with Crippen molar-refractivity contribution >= 4 is 0 Å². The van der Waals surface area contributed by atoms with E-state index in [0.717, 1.165) is 25.1 Å². The molecule has 0 aliphatic carbocycles. The molecule has 1 unspecified atom stereocenters. The third-order valence-electron chi connectivity index (χ3n) is 3.20. The molecule has 1 heterocycles. The number of piperidine rings is 1. The summed E-state index contributed by atoms with van der Waals surface area (Å²) in [7, 11) is 0. The molecule has 88 valence electrons. The highest BCUT2D eigenvalue weighted by atomic mass is 19.1. The van der Waals surface area contributed by atoms with Gasteiger partial charge in [0.1, 0.15) is 5.82 Å². The van der Waals surface area contributed by atoms with Crippen molar-refractivity contribution in [1.82, 2.24) is 5.32 Å². The lowest BCUT2D eigenvalue weighted by Gasteiger charge is -2.22. The highest BCUT2D eigenvalue weighted by Crippen LogP contribution is 2.18. The Bertz CT molecular complexity index is 348. The van der Waals surface area contributed by atoms with Crippen LogP contribution >= 0.6 is 0 Å². The Kier molecular flexibility index (Phi) is 3.91. The third kappa shape index (κ3) is 2.80. The van der Waals surface area contributed by atoms with Crippen molar-refractivity contribution in [1.29, 1.82) is 0 Å². The van der Waals surface area contributed by atoms with Crippen LogP contribution in [0, 0.1) is 11.7 Å². The maximum absolute atomic E-state index is 13.2. The lowest BCUT2D eigenvalue weighted by Crippen LogP contribution is -2.30. The second kappa shape index (κ2) is 5.41. The van der Waals surface area contributed by atoms with Crippen molar-refractivity contribution in [2.75, 3.05) is 13.1 Å². The third-order valence-corrected chi connectivity index (χ3v) is 3.20. The first-order valence-electron chi connectivity index (χ1n) is 5.88. The van der Waals surface area contributed by atoms with Crippen molar-refractivity contribution in [2.45, 2.75) is 25.9 Å². The van der Waals surface area contributed by atoms with Gasteiger partial charge in [-0.05, 0) is 49.9 Å². The van der Waals surface area contributed by atoms with Gasteiger partial charge in [0.05, 0.1) is 6.61 Å². The Morgan fingerprint density at radius 2 is 2.31 bits per heavy atom. The summed E-state index contributed by atoms with van der Waals surface area (Å²) in [5.41, 5.74) is 1.53. The van der Waals surface area contributed by atoms with E-state index in [1.807, 2.05) is 6.07 Å². The van der Waals surface area contributed by atoms with Gasteiger partial charge >= 0.3 is 0 Å². The van der Waals surface area contributed by atoms with E-state index in [-0.39, 0.29) is 12.4 Å². The number of nitrogens with one attached hydrogen (secondary N) is 1. The van der Waals surface area contributed by atoms with Gasteiger partial charge in [0, 0.05) is 5.56 Å². The molecule has 1 aliphatic heterocycles. The molecule has 0 saturated carbocycles. The first-order chi connectivity index (χ1) is 7.79. The SMILES string of the molecule is OCc1cc(CC2CCCNC2)ccc1F. The number of aliphatic hydroxyl groups is 1. The van der Waals surface area contributed by atoms with Gasteiger partial charge in [0.15, 0.2) is 0 Å². The van der Waals surface area contributed by atoms with Crippen molar-refractivity contribution < 1.29 is 9.50 Å². The number of aliphatic hydroxyl groups excluding tert-OH is 1. The van der Waals surface area contributed by atoms with Crippen LogP contribution in [0.15, 0.2) is 18.2 Å². The molecule has 0 aromatic heterocycles. The van der Waals surface area contributed by atoms with E-state index in [9.17, 15) is 4.39 Å². The van der Waals surface area contributed by atoms with Gasteiger partial charge in [-0.3, -0.25) is 0 Å².